The SMILES string of the molecule is CON(C)CC(C=O)c1ccc2ccoc2c1. The summed E-state index contributed by atoms with van der Waals surface area (Å²) in [6.07, 6.45) is 2.57. The van der Waals surface area contributed by atoms with Crippen LogP contribution in [0.1, 0.15) is 11.5 Å². The van der Waals surface area contributed by atoms with Gasteiger partial charge in [0.1, 0.15) is 11.9 Å². The summed E-state index contributed by atoms with van der Waals surface area (Å²) < 4.78 is 5.32. The van der Waals surface area contributed by atoms with E-state index >= 15 is 0 Å². The average molecular weight is 233 g/mol. The maximum Gasteiger partial charge on any atom is 0.134 e. The van der Waals surface area contributed by atoms with Crippen molar-refractivity contribution in [3.05, 3.63) is 36.1 Å². The molecular weight excluding hydrogens is 218 g/mol. The van der Waals surface area contributed by atoms with Crippen molar-refractivity contribution in [3.63, 3.8) is 0 Å². The number of aldehydes is 1. The van der Waals surface area contributed by atoms with E-state index in [1.54, 1.807) is 25.5 Å². The fourth-order valence-corrected chi connectivity index (χ4v) is 1.78. The lowest BCUT2D eigenvalue weighted by Gasteiger charge is -2.18. The van der Waals surface area contributed by atoms with Gasteiger partial charge in [-0.25, -0.2) is 0 Å². The number of carbonyl (C=O) groups excluding carboxylic acids is 1. The van der Waals surface area contributed by atoms with E-state index in [4.69, 9.17) is 9.25 Å². The maximum absolute atomic E-state index is 11.1. The lowest BCUT2D eigenvalue weighted by atomic mass is 10.00. The van der Waals surface area contributed by atoms with E-state index in [0.717, 1.165) is 22.8 Å². The van der Waals surface area contributed by atoms with Crippen molar-refractivity contribution in [2.45, 2.75) is 5.92 Å². The normalized spacial score (nSPS) is 13.1. The summed E-state index contributed by atoms with van der Waals surface area (Å²) in [5.74, 6) is -0.213. The Balaban J connectivity index is 2.26. The zero-order valence-corrected chi connectivity index (χ0v) is 9.92. The van der Waals surface area contributed by atoms with Crippen molar-refractivity contribution in [2.24, 2.45) is 0 Å². The van der Waals surface area contributed by atoms with Crippen LogP contribution in [0.3, 0.4) is 0 Å². The third kappa shape index (κ3) is 2.54. The molecule has 1 aromatic heterocycles. The van der Waals surface area contributed by atoms with Crippen LogP contribution < -0.4 is 0 Å². The second-order valence-corrected chi connectivity index (χ2v) is 3.95. The number of benzene rings is 1. The summed E-state index contributed by atoms with van der Waals surface area (Å²) in [6.45, 7) is 0.520. The number of likely N-dealkylation sites (N-methyl/N-ethyl adjacent to an activating group) is 1. The lowest BCUT2D eigenvalue weighted by molar-refractivity contribution is -0.124. The number of hydrogen-bond acceptors (Lipinski definition) is 4. The van der Waals surface area contributed by atoms with Gasteiger partial charge in [0, 0.05) is 19.0 Å². The number of carbonyl (C=O) groups is 1. The largest absolute Gasteiger partial charge is 0.464 e. The molecule has 0 saturated heterocycles. The molecule has 0 aliphatic heterocycles. The molecule has 2 rings (SSSR count). The molecule has 0 radical (unpaired) electrons. The Morgan fingerprint density at radius 1 is 1.47 bits per heavy atom. The van der Waals surface area contributed by atoms with Crippen LogP contribution in [0.2, 0.25) is 0 Å². The van der Waals surface area contributed by atoms with E-state index in [1.165, 1.54) is 0 Å². The molecule has 0 bridgehead atoms. The highest BCUT2D eigenvalue weighted by atomic mass is 16.7. The van der Waals surface area contributed by atoms with Gasteiger partial charge in [0.25, 0.3) is 0 Å². The molecule has 0 fully saturated rings. The summed E-state index contributed by atoms with van der Waals surface area (Å²) in [4.78, 5) is 16.1. The molecule has 0 aliphatic rings. The Morgan fingerprint density at radius 3 is 3.00 bits per heavy atom. The number of nitrogens with zero attached hydrogens (tertiary/aromatic N) is 1. The molecular formula is C13H15NO3. The minimum atomic E-state index is -0.213. The van der Waals surface area contributed by atoms with Gasteiger partial charge in [0.2, 0.25) is 0 Å². The first-order valence-electron chi connectivity index (χ1n) is 5.42. The van der Waals surface area contributed by atoms with E-state index in [1.807, 2.05) is 24.3 Å². The highest BCUT2D eigenvalue weighted by Gasteiger charge is 2.14. The minimum absolute atomic E-state index is 0.213. The molecule has 0 amide bonds. The smallest absolute Gasteiger partial charge is 0.134 e. The Hall–Kier alpha value is -1.65. The molecule has 17 heavy (non-hydrogen) atoms. The first kappa shape index (κ1) is 11.8. The third-order valence-electron chi connectivity index (χ3n) is 2.84. The van der Waals surface area contributed by atoms with Crippen molar-refractivity contribution in [3.8, 4) is 0 Å². The molecule has 90 valence electrons. The standard InChI is InChI=1S/C13H15NO3/c1-14(16-2)8-12(9-15)11-4-3-10-5-6-17-13(10)7-11/h3-7,9,12H,8H2,1-2H3. The van der Waals surface area contributed by atoms with Crippen molar-refractivity contribution in [1.29, 1.82) is 0 Å². The van der Waals surface area contributed by atoms with Crippen LogP contribution in [0.4, 0.5) is 0 Å². The minimum Gasteiger partial charge on any atom is -0.464 e. The monoisotopic (exact) mass is 233 g/mol. The topological polar surface area (TPSA) is 42.7 Å². The van der Waals surface area contributed by atoms with E-state index in [9.17, 15) is 4.79 Å². The van der Waals surface area contributed by atoms with Gasteiger partial charge in [-0.3, -0.25) is 0 Å². The molecule has 4 nitrogen and oxygen atoms in total. The van der Waals surface area contributed by atoms with Crippen molar-refractivity contribution >= 4 is 17.3 Å². The summed E-state index contributed by atoms with van der Waals surface area (Å²) in [5, 5.41) is 2.67. The first-order chi connectivity index (χ1) is 8.24. The number of hydroxylamine groups is 2. The van der Waals surface area contributed by atoms with Crippen LogP contribution in [0, 0.1) is 0 Å². The lowest BCUT2D eigenvalue weighted by Crippen LogP contribution is -2.24. The van der Waals surface area contributed by atoms with Gasteiger partial charge < -0.3 is 14.0 Å². The number of rotatable bonds is 5. The second kappa shape index (κ2) is 5.12. The second-order valence-electron chi connectivity index (χ2n) is 3.95. The number of fused-ring (bicyclic) bond motifs is 1. The van der Waals surface area contributed by atoms with Crippen LogP contribution in [-0.2, 0) is 9.63 Å². The van der Waals surface area contributed by atoms with Crippen LogP contribution in [0.15, 0.2) is 34.9 Å². The van der Waals surface area contributed by atoms with Gasteiger partial charge in [-0.15, -0.1) is 0 Å². The zero-order chi connectivity index (χ0) is 12.3. The Bertz CT molecular complexity index is 506. The van der Waals surface area contributed by atoms with Crippen molar-refractivity contribution in [1.82, 2.24) is 5.06 Å². The zero-order valence-electron chi connectivity index (χ0n) is 9.92. The van der Waals surface area contributed by atoms with Gasteiger partial charge in [-0.05, 0) is 17.7 Å². The van der Waals surface area contributed by atoms with Gasteiger partial charge in [-0.2, -0.15) is 5.06 Å². The highest BCUT2D eigenvalue weighted by molar-refractivity contribution is 5.79. The third-order valence-corrected chi connectivity index (χ3v) is 2.84. The van der Waals surface area contributed by atoms with E-state index in [0.29, 0.717) is 6.54 Å². The fraction of sp³-hybridized carbons (Fsp3) is 0.308. The van der Waals surface area contributed by atoms with Crippen LogP contribution >= 0.6 is 0 Å². The summed E-state index contributed by atoms with van der Waals surface area (Å²) >= 11 is 0. The molecule has 1 atom stereocenters. The first-order valence-corrected chi connectivity index (χ1v) is 5.42. The summed E-state index contributed by atoms with van der Waals surface area (Å²) in [7, 11) is 3.37. The van der Waals surface area contributed by atoms with Crippen LogP contribution in [0.5, 0.6) is 0 Å². The molecule has 2 aromatic rings. The molecule has 1 aromatic carbocycles. The highest BCUT2D eigenvalue weighted by Crippen LogP contribution is 2.22. The predicted molar refractivity (Wildman–Crippen MR) is 64.7 cm³/mol. The number of hydrogen-bond donors (Lipinski definition) is 0. The average Bonchev–Trinajstić information content (AvgIpc) is 2.82. The number of furan rings is 1. The maximum atomic E-state index is 11.1. The van der Waals surface area contributed by atoms with Crippen LogP contribution in [-0.4, -0.2) is 32.1 Å². The van der Waals surface area contributed by atoms with E-state index < -0.39 is 0 Å². The van der Waals surface area contributed by atoms with Gasteiger partial charge in [0.05, 0.1) is 19.3 Å². The molecule has 1 unspecified atom stereocenters. The van der Waals surface area contributed by atoms with Crippen molar-refractivity contribution in [2.75, 3.05) is 20.7 Å². The molecule has 0 N–H and O–H groups in total. The fourth-order valence-electron chi connectivity index (χ4n) is 1.78. The Morgan fingerprint density at radius 2 is 2.29 bits per heavy atom. The van der Waals surface area contributed by atoms with Crippen molar-refractivity contribution < 1.29 is 14.0 Å². The Kier molecular flexibility index (Phi) is 3.56. The summed E-state index contributed by atoms with van der Waals surface area (Å²) in [5.41, 5.74) is 1.74. The van der Waals surface area contributed by atoms with Gasteiger partial charge in [-0.1, -0.05) is 12.1 Å². The quantitative estimate of drug-likeness (QED) is 0.586. The summed E-state index contributed by atoms with van der Waals surface area (Å²) in [6, 6.07) is 7.70. The molecule has 0 saturated carbocycles. The van der Waals surface area contributed by atoms with Gasteiger partial charge >= 0.3 is 0 Å². The molecule has 0 spiro atoms. The van der Waals surface area contributed by atoms with E-state index in [2.05, 4.69) is 0 Å². The van der Waals surface area contributed by atoms with E-state index in [-0.39, 0.29) is 5.92 Å². The Labute approximate surface area is 99.7 Å². The van der Waals surface area contributed by atoms with Gasteiger partial charge in [0.15, 0.2) is 0 Å². The molecule has 1 heterocycles. The van der Waals surface area contributed by atoms with Crippen LogP contribution in [0.25, 0.3) is 11.0 Å². The predicted octanol–water partition coefficient (Wildman–Crippen LogP) is 2.21. The molecule has 0 aliphatic carbocycles. The molecule has 4 heteroatoms.